The Bertz CT molecular complexity index is 485. The van der Waals surface area contributed by atoms with Gasteiger partial charge in [-0.05, 0) is 18.6 Å². The Labute approximate surface area is 82.1 Å². The van der Waals surface area contributed by atoms with E-state index in [4.69, 9.17) is 0 Å². The topological polar surface area (TPSA) is 44.9 Å². The summed E-state index contributed by atoms with van der Waals surface area (Å²) in [5.41, 5.74) is 2.76. The number of hydrogen-bond donors (Lipinski definition) is 2. The average Bonchev–Trinajstić information content (AvgIpc) is 2.59. The van der Waals surface area contributed by atoms with Gasteiger partial charge < -0.3 is 10.3 Å². The van der Waals surface area contributed by atoms with Crippen molar-refractivity contribution in [3.8, 4) is 0 Å². The van der Waals surface area contributed by atoms with Crippen LogP contribution in [0.3, 0.4) is 0 Å². The molecule has 0 bridgehead atoms. The van der Waals surface area contributed by atoms with Gasteiger partial charge in [-0.15, -0.1) is 0 Å². The molecule has 0 spiro atoms. The Morgan fingerprint density at radius 3 is 2.93 bits per heavy atom. The number of benzene rings is 1. The van der Waals surface area contributed by atoms with Gasteiger partial charge in [-0.2, -0.15) is 0 Å². The molecule has 0 unspecified atom stereocenters. The molecule has 1 aromatic heterocycles. The van der Waals surface area contributed by atoms with E-state index >= 15 is 0 Å². The average molecular weight is 188 g/mol. The number of carbonyl (C=O) groups is 1. The zero-order valence-corrected chi connectivity index (χ0v) is 8.22. The zero-order chi connectivity index (χ0) is 10.1. The molecule has 2 rings (SSSR count). The van der Waals surface area contributed by atoms with Gasteiger partial charge in [-0.3, -0.25) is 4.79 Å². The van der Waals surface area contributed by atoms with E-state index in [2.05, 4.69) is 10.3 Å². The van der Waals surface area contributed by atoms with Crippen molar-refractivity contribution in [2.45, 2.75) is 6.92 Å². The van der Waals surface area contributed by atoms with Crippen molar-refractivity contribution in [2.24, 2.45) is 0 Å². The van der Waals surface area contributed by atoms with Crippen LogP contribution >= 0.6 is 0 Å². The van der Waals surface area contributed by atoms with Crippen LogP contribution in [0.25, 0.3) is 10.9 Å². The molecule has 1 amide bonds. The van der Waals surface area contributed by atoms with E-state index < -0.39 is 0 Å². The molecule has 0 saturated heterocycles. The van der Waals surface area contributed by atoms with Crippen molar-refractivity contribution in [2.75, 3.05) is 7.05 Å². The van der Waals surface area contributed by atoms with E-state index in [9.17, 15) is 4.79 Å². The molecule has 1 heterocycles. The third kappa shape index (κ3) is 1.18. The van der Waals surface area contributed by atoms with Crippen molar-refractivity contribution < 1.29 is 4.79 Å². The van der Waals surface area contributed by atoms with Crippen molar-refractivity contribution in [3.63, 3.8) is 0 Å². The quantitative estimate of drug-likeness (QED) is 0.704. The van der Waals surface area contributed by atoms with Crippen LogP contribution in [0.2, 0.25) is 0 Å². The van der Waals surface area contributed by atoms with Crippen molar-refractivity contribution >= 4 is 16.8 Å². The Hall–Kier alpha value is -1.77. The van der Waals surface area contributed by atoms with Crippen LogP contribution in [0, 0.1) is 6.92 Å². The lowest BCUT2D eigenvalue weighted by Gasteiger charge is -2.01. The summed E-state index contributed by atoms with van der Waals surface area (Å²) in [7, 11) is 1.64. The molecule has 3 heteroatoms. The molecule has 3 nitrogen and oxygen atoms in total. The Balaban J connectivity index is 2.71. The molecule has 0 aliphatic heterocycles. The highest BCUT2D eigenvalue weighted by molar-refractivity contribution is 6.06. The first-order chi connectivity index (χ1) is 6.74. The van der Waals surface area contributed by atoms with E-state index in [1.807, 2.05) is 31.3 Å². The predicted octanol–water partition coefficient (Wildman–Crippen LogP) is 1.84. The monoisotopic (exact) mass is 188 g/mol. The first-order valence-corrected chi connectivity index (χ1v) is 4.53. The molecule has 0 aliphatic rings. The van der Waals surface area contributed by atoms with E-state index in [1.165, 1.54) is 0 Å². The van der Waals surface area contributed by atoms with Gasteiger partial charge in [0.05, 0.1) is 11.1 Å². The number of para-hydroxylation sites is 1. The van der Waals surface area contributed by atoms with Gasteiger partial charge in [-0.1, -0.05) is 12.1 Å². The van der Waals surface area contributed by atoms with Gasteiger partial charge in [0.2, 0.25) is 0 Å². The molecular formula is C11H12N2O. The third-order valence-electron chi connectivity index (χ3n) is 2.39. The summed E-state index contributed by atoms with van der Waals surface area (Å²) >= 11 is 0. The van der Waals surface area contributed by atoms with Crippen molar-refractivity contribution in [1.82, 2.24) is 10.3 Å². The second-order valence-corrected chi connectivity index (χ2v) is 3.28. The molecule has 0 atom stereocenters. The summed E-state index contributed by atoms with van der Waals surface area (Å²) in [6.07, 6.45) is 1.91. The number of fused-ring (bicyclic) bond motifs is 1. The van der Waals surface area contributed by atoms with Crippen LogP contribution in [-0.4, -0.2) is 17.9 Å². The third-order valence-corrected chi connectivity index (χ3v) is 2.39. The molecule has 0 aliphatic carbocycles. The molecular weight excluding hydrogens is 176 g/mol. The Kier molecular flexibility index (Phi) is 2.00. The van der Waals surface area contributed by atoms with Crippen LogP contribution in [0.4, 0.5) is 0 Å². The number of carbonyl (C=O) groups excluding carboxylic acids is 1. The SMILES string of the molecule is CNC(=O)c1cccc2c(C)c[nH]c12. The molecule has 1 aromatic carbocycles. The van der Waals surface area contributed by atoms with Gasteiger partial charge in [0.1, 0.15) is 0 Å². The van der Waals surface area contributed by atoms with Gasteiger partial charge >= 0.3 is 0 Å². The summed E-state index contributed by atoms with van der Waals surface area (Å²) in [5, 5.41) is 3.73. The number of nitrogens with one attached hydrogen (secondary N) is 2. The van der Waals surface area contributed by atoms with Crippen LogP contribution in [0.1, 0.15) is 15.9 Å². The molecule has 14 heavy (non-hydrogen) atoms. The fourth-order valence-electron chi connectivity index (χ4n) is 1.62. The van der Waals surface area contributed by atoms with Crippen LogP contribution in [0.5, 0.6) is 0 Å². The maximum atomic E-state index is 11.5. The normalized spacial score (nSPS) is 10.4. The lowest BCUT2D eigenvalue weighted by atomic mass is 10.1. The summed E-state index contributed by atoms with van der Waals surface area (Å²) in [5.74, 6) is -0.0579. The summed E-state index contributed by atoms with van der Waals surface area (Å²) in [6.45, 7) is 2.02. The maximum Gasteiger partial charge on any atom is 0.253 e. The summed E-state index contributed by atoms with van der Waals surface area (Å²) < 4.78 is 0. The summed E-state index contributed by atoms with van der Waals surface area (Å²) in [4.78, 5) is 14.6. The number of aromatic nitrogens is 1. The standard InChI is InChI=1S/C11H12N2O/c1-7-6-13-10-8(7)4-3-5-9(10)11(14)12-2/h3-6,13H,1-2H3,(H,12,14). The fraction of sp³-hybridized carbons (Fsp3) is 0.182. The van der Waals surface area contributed by atoms with Gasteiger partial charge in [0.15, 0.2) is 0 Å². The first-order valence-electron chi connectivity index (χ1n) is 4.53. The van der Waals surface area contributed by atoms with Crippen molar-refractivity contribution in [3.05, 3.63) is 35.5 Å². The largest absolute Gasteiger partial charge is 0.360 e. The predicted molar refractivity (Wildman–Crippen MR) is 56.4 cm³/mol. The molecule has 2 aromatic rings. The number of aromatic amines is 1. The summed E-state index contributed by atoms with van der Waals surface area (Å²) in [6, 6.07) is 5.72. The number of aryl methyl sites for hydroxylation is 1. The highest BCUT2D eigenvalue weighted by Gasteiger charge is 2.09. The number of rotatable bonds is 1. The van der Waals surface area contributed by atoms with Gasteiger partial charge in [-0.25, -0.2) is 0 Å². The zero-order valence-electron chi connectivity index (χ0n) is 8.22. The molecule has 0 saturated carbocycles. The Morgan fingerprint density at radius 1 is 1.43 bits per heavy atom. The van der Waals surface area contributed by atoms with E-state index in [-0.39, 0.29) is 5.91 Å². The highest BCUT2D eigenvalue weighted by Crippen LogP contribution is 2.20. The van der Waals surface area contributed by atoms with E-state index in [0.29, 0.717) is 5.56 Å². The second-order valence-electron chi connectivity index (χ2n) is 3.28. The van der Waals surface area contributed by atoms with Gasteiger partial charge in [0, 0.05) is 18.6 Å². The molecule has 0 fully saturated rings. The fourth-order valence-corrected chi connectivity index (χ4v) is 1.62. The minimum atomic E-state index is -0.0579. The second kappa shape index (κ2) is 3.18. The smallest absolute Gasteiger partial charge is 0.253 e. The van der Waals surface area contributed by atoms with E-state index in [0.717, 1.165) is 16.5 Å². The number of hydrogen-bond acceptors (Lipinski definition) is 1. The molecule has 2 N–H and O–H groups in total. The number of amides is 1. The lowest BCUT2D eigenvalue weighted by Crippen LogP contribution is -2.17. The van der Waals surface area contributed by atoms with E-state index in [1.54, 1.807) is 7.05 Å². The highest BCUT2D eigenvalue weighted by atomic mass is 16.1. The van der Waals surface area contributed by atoms with Crippen LogP contribution in [-0.2, 0) is 0 Å². The van der Waals surface area contributed by atoms with Gasteiger partial charge in [0.25, 0.3) is 5.91 Å². The lowest BCUT2D eigenvalue weighted by molar-refractivity contribution is 0.0964. The number of H-pyrrole nitrogens is 1. The molecule has 0 radical (unpaired) electrons. The Morgan fingerprint density at radius 2 is 2.21 bits per heavy atom. The van der Waals surface area contributed by atoms with Crippen LogP contribution in [0.15, 0.2) is 24.4 Å². The maximum absolute atomic E-state index is 11.5. The first kappa shape index (κ1) is 8.81. The minimum absolute atomic E-state index is 0.0579. The van der Waals surface area contributed by atoms with Crippen molar-refractivity contribution in [1.29, 1.82) is 0 Å². The van der Waals surface area contributed by atoms with Crippen LogP contribution < -0.4 is 5.32 Å². The minimum Gasteiger partial charge on any atom is -0.360 e. The molecule has 72 valence electrons.